The Bertz CT molecular complexity index is 616. The first-order valence-electron chi connectivity index (χ1n) is 5.79. The van der Waals surface area contributed by atoms with Crippen molar-refractivity contribution in [2.24, 2.45) is 0 Å². The number of carbonyl (C=O) groups excluding carboxylic acids is 1. The fourth-order valence-corrected chi connectivity index (χ4v) is 3.21. The third-order valence-electron chi connectivity index (χ3n) is 2.84. The van der Waals surface area contributed by atoms with E-state index in [1.807, 2.05) is 0 Å². The largest absolute Gasteiger partial charge is 0.469 e. The summed E-state index contributed by atoms with van der Waals surface area (Å²) in [4.78, 5) is 11.1. The minimum absolute atomic E-state index is 0.0195. The van der Waals surface area contributed by atoms with Crippen LogP contribution in [0, 0.1) is 6.92 Å². The first kappa shape index (κ1) is 16.7. The number of anilines is 1. The number of hydrogen-bond donors (Lipinski definition) is 1. The third-order valence-corrected chi connectivity index (χ3v) is 5.17. The average molecular weight is 321 g/mol. The number of nitrogens with zero attached hydrogens (tertiary/aromatic N) is 1. The number of carbonyl (C=O) groups is 1. The van der Waals surface area contributed by atoms with Crippen molar-refractivity contribution in [2.45, 2.75) is 18.2 Å². The third kappa shape index (κ3) is 3.62. The number of benzene rings is 1. The average Bonchev–Trinajstić information content (AvgIpc) is 2.39. The van der Waals surface area contributed by atoms with Gasteiger partial charge in [-0.2, -0.15) is 0 Å². The lowest BCUT2D eigenvalue weighted by atomic mass is 10.2. The molecule has 0 aliphatic carbocycles. The van der Waals surface area contributed by atoms with E-state index in [1.165, 1.54) is 26.3 Å². The van der Waals surface area contributed by atoms with E-state index in [4.69, 9.17) is 17.3 Å². The molecular formula is C12H17ClN2O4S. The lowest BCUT2D eigenvalue weighted by Gasteiger charge is -2.18. The van der Waals surface area contributed by atoms with E-state index in [2.05, 4.69) is 4.74 Å². The van der Waals surface area contributed by atoms with Gasteiger partial charge in [0.05, 0.1) is 29.1 Å². The fourth-order valence-electron chi connectivity index (χ4n) is 1.59. The molecule has 112 valence electrons. The van der Waals surface area contributed by atoms with Crippen LogP contribution >= 0.6 is 11.6 Å². The number of halogens is 1. The van der Waals surface area contributed by atoms with Gasteiger partial charge in [0.2, 0.25) is 10.0 Å². The van der Waals surface area contributed by atoms with Crippen LogP contribution in [0.25, 0.3) is 0 Å². The first-order valence-corrected chi connectivity index (χ1v) is 7.60. The number of nitrogen functional groups attached to an aromatic ring is 1. The van der Waals surface area contributed by atoms with E-state index in [-0.39, 0.29) is 23.5 Å². The predicted molar refractivity (Wildman–Crippen MR) is 77.1 cm³/mol. The lowest BCUT2D eigenvalue weighted by molar-refractivity contribution is -0.140. The maximum atomic E-state index is 12.4. The van der Waals surface area contributed by atoms with E-state index >= 15 is 0 Å². The molecule has 20 heavy (non-hydrogen) atoms. The normalized spacial score (nSPS) is 11.7. The standard InChI is InChI=1S/C12H17ClN2O4S/c1-8-6-9(13)10(14)7-11(8)20(17,18)15(2)5-4-12(16)19-3/h6-7H,4-5,14H2,1-3H3. The zero-order chi connectivity index (χ0) is 15.5. The summed E-state index contributed by atoms with van der Waals surface area (Å²) in [7, 11) is -1.08. The van der Waals surface area contributed by atoms with Crippen LogP contribution in [0.1, 0.15) is 12.0 Å². The van der Waals surface area contributed by atoms with Crippen LogP contribution in [-0.2, 0) is 19.6 Å². The zero-order valence-corrected chi connectivity index (χ0v) is 13.1. The van der Waals surface area contributed by atoms with Crippen molar-refractivity contribution in [1.82, 2.24) is 4.31 Å². The van der Waals surface area contributed by atoms with E-state index in [0.717, 1.165) is 4.31 Å². The summed E-state index contributed by atoms with van der Waals surface area (Å²) < 4.78 is 30.3. The summed E-state index contributed by atoms with van der Waals surface area (Å²) >= 11 is 5.84. The van der Waals surface area contributed by atoms with Crippen LogP contribution in [0.4, 0.5) is 5.69 Å². The minimum atomic E-state index is -3.73. The number of aryl methyl sites for hydroxylation is 1. The highest BCUT2D eigenvalue weighted by Crippen LogP contribution is 2.27. The Morgan fingerprint density at radius 2 is 2.05 bits per heavy atom. The van der Waals surface area contributed by atoms with Gasteiger partial charge >= 0.3 is 5.97 Å². The van der Waals surface area contributed by atoms with Crippen LogP contribution in [0.15, 0.2) is 17.0 Å². The van der Waals surface area contributed by atoms with Gasteiger partial charge in [-0.15, -0.1) is 0 Å². The summed E-state index contributed by atoms with van der Waals surface area (Å²) in [5.74, 6) is -0.473. The number of hydrogen-bond acceptors (Lipinski definition) is 5. The Morgan fingerprint density at radius 3 is 2.60 bits per heavy atom. The highest BCUT2D eigenvalue weighted by atomic mass is 35.5. The number of methoxy groups -OCH3 is 1. The van der Waals surface area contributed by atoms with Crippen LogP contribution in [0.5, 0.6) is 0 Å². The molecule has 0 aliphatic heterocycles. The summed E-state index contributed by atoms with van der Waals surface area (Å²) in [6.07, 6.45) is -0.0195. The second kappa shape index (κ2) is 6.43. The first-order chi connectivity index (χ1) is 9.20. The van der Waals surface area contributed by atoms with Crippen molar-refractivity contribution in [1.29, 1.82) is 0 Å². The summed E-state index contributed by atoms with van der Waals surface area (Å²) in [5.41, 5.74) is 6.33. The number of ether oxygens (including phenoxy) is 1. The second-order valence-corrected chi connectivity index (χ2v) is 6.71. The van der Waals surface area contributed by atoms with E-state index in [0.29, 0.717) is 10.6 Å². The molecule has 0 amide bonds. The quantitative estimate of drug-likeness (QED) is 0.654. The molecule has 0 unspecified atom stereocenters. The molecule has 1 aromatic carbocycles. The molecular weight excluding hydrogens is 304 g/mol. The Balaban J connectivity index is 3.04. The molecule has 0 aromatic heterocycles. The maximum Gasteiger partial charge on any atom is 0.306 e. The SMILES string of the molecule is COC(=O)CCN(C)S(=O)(=O)c1cc(N)c(Cl)cc1C. The topological polar surface area (TPSA) is 89.7 Å². The molecule has 0 saturated carbocycles. The fraction of sp³-hybridized carbons (Fsp3) is 0.417. The Labute approximate surface area is 123 Å². The summed E-state index contributed by atoms with van der Waals surface area (Å²) in [5, 5.41) is 0.304. The molecule has 1 rings (SSSR count). The molecule has 8 heteroatoms. The van der Waals surface area contributed by atoms with Crippen molar-refractivity contribution < 1.29 is 17.9 Å². The zero-order valence-electron chi connectivity index (χ0n) is 11.5. The molecule has 2 N–H and O–H groups in total. The van der Waals surface area contributed by atoms with Crippen LogP contribution < -0.4 is 5.73 Å². The van der Waals surface area contributed by atoms with Gasteiger partial charge in [0.15, 0.2) is 0 Å². The van der Waals surface area contributed by atoms with Crippen molar-refractivity contribution in [3.63, 3.8) is 0 Å². The molecule has 0 fully saturated rings. The molecule has 6 nitrogen and oxygen atoms in total. The summed E-state index contributed by atoms with van der Waals surface area (Å²) in [6.45, 7) is 1.66. The van der Waals surface area contributed by atoms with E-state index in [1.54, 1.807) is 6.92 Å². The van der Waals surface area contributed by atoms with Gasteiger partial charge in [-0.05, 0) is 24.6 Å². The van der Waals surface area contributed by atoms with Crippen LogP contribution in [0.3, 0.4) is 0 Å². The van der Waals surface area contributed by atoms with Gasteiger partial charge in [-0.1, -0.05) is 11.6 Å². The van der Waals surface area contributed by atoms with Crippen molar-refractivity contribution in [3.05, 3.63) is 22.7 Å². The number of esters is 1. The van der Waals surface area contributed by atoms with Crippen molar-refractivity contribution >= 4 is 33.3 Å². The molecule has 0 bridgehead atoms. The Kier molecular flexibility index (Phi) is 5.38. The summed E-state index contributed by atoms with van der Waals surface area (Å²) in [6, 6.07) is 2.82. The minimum Gasteiger partial charge on any atom is -0.469 e. The molecule has 0 heterocycles. The number of sulfonamides is 1. The monoisotopic (exact) mass is 320 g/mol. The van der Waals surface area contributed by atoms with Crippen molar-refractivity contribution in [3.8, 4) is 0 Å². The maximum absolute atomic E-state index is 12.4. The Hall–Kier alpha value is -1.31. The van der Waals surface area contributed by atoms with Crippen LogP contribution in [-0.4, -0.2) is 39.4 Å². The molecule has 0 saturated heterocycles. The molecule has 0 spiro atoms. The Morgan fingerprint density at radius 1 is 1.45 bits per heavy atom. The van der Waals surface area contributed by atoms with Crippen LogP contribution in [0.2, 0.25) is 5.02 Å². The van der Waals surface area contributed by atoms with Gasteiger partial charge in [-0.3, -0.25) is 4.79 Å². The highest BCUT2D eigenvalue weighted by molar-refractivity contribution is 7.89. The van der Waals surface area contributed by atoms with Gasteiger partial charge < -0.3 is 10.5 Å². The van der Waals surface area contributed by atoms with E-state index in [9.17, 15) is 13.2 Å². The second-order valence-electron chi connectivity index (χ2n) is 4.29. The smallest absolute Gasteiger partial charge is 0.306 e. The van der Waals surface area contributed by atoms with Gasteiger partial charge in [0.25, 0.3) is 0 Å². The molecule has 1 aromatic rings. The number of rotatable bonds is 5. The molecule has 0 radical (unpaired) electrons. The molecule has 0 aliphatic rings. The number of nitrogens with two attached hydrogens (primary N) is 1. The lowest BCUT2D eigenvalue weighted by Crippen LogP contribution is -2.30. The highest BCUT2D eigenvalue weighted by Gasteiger charge is 2.24. The van der Waals surface area contributed by atoms with Gasteiger partial charge in [-0.25, -0.2) is 12.7 Å². The van der Waals surface area contributed by atoms with Crippen molar-refractivity contribution in [2.75, 3.05) is 26.4 Å². The molecule has 0 atom stereocenters. The van der Waals surface area contributed by atoms with Gasteiger partial charge in [0, 0.05) is 13.6 Å². The predicted octanol–water partition coefficient (Wildman–Crippen LogP) is 1.41. The van der Waals surface area contributed by atoms with Gasteiger partial charge in [0.1, 0.15) is 0 Å². The van der Waals surface area contributed by atoms with E-state index < -0.39 is 16.0 Å².